The highest BCUT2D eigenvalue weighted by atomic mass is 35.5. The van der Waals surface area contributed by atoms with E-state index >= 15 is 0 Å². The molecular formula is C19H21ClN2O4S. The van der Waals surface area contributed by atoms with Crippen molar-refractivity contribution in [1.82, 2.24) is 0 Å². The van der Waals surface area contributed by atoms with Gasteiger partial charge in [0, 0.05) is 16.4 Å². The minimum Gasteiger partial charge on any atom is -0.492 e. The second-order valence-corrected chi connectivity index (χ2v) is 8.73. The molecule has 0 bridgehead atoms. The normalized spacial score (nSPS) is 16.1. The Labute approximate surface area is 163 Å². The summed E-state index contributed by atoms with van der Waals surface area (Å²) < 4.78 is 31.7. The number of halogens is 1. The molecule has 0 aromatic heterocycles. The second-order valence-electron chi connectivity index (χ2n) is 6.45. The summed E-state index contributed by atoms with van der Waals surface area (Å²) in [6.07, 6.45) is 1.10. The molecule has 2 N–H and O–H groups in total. The third kappa shape index (κ3) is 5.14. The quantitative estimate of drug-likeness (QED) is 0.763. The summed E-state index contributed by atoms with van der Waals surface area (Å²) in [5, 5.41) is 3.45. The van der Waals surface area contributed by atoms with Crippen LogP contribution in [0.4, 0.5) is 11.4 Å². The number of nitrogens with one attached hydrogen (secondary N) is 2. The van der Waals surface area contributed by atoms with Gasteiger partial charge >= 0.3 is 0 Å². The van der Waals surface area contributed by atoms with Crippen LogP contribution in [0, 0.1) is 5.92 Å². The molecule has 1 atom stereocenters. The van der Waals surface area contributed by atoms with Gasteiger partial charge in [0.05, 0.1) is 11.7 Å². The lowest BCUT2D eigenvalue weighted by atomic mass is 9.96. The van der Waals surface area contributed by atoms with Crippen molar-refractivity contribution in [3.63, 3.8) is 0 Å². The minimum atomic E-state index is -3.33. The van der Waals surface area contributed by atoms with Gasteiger partial charge in [-0.25, -0.2) is 8.42 Å². The summed E-state index contributed by atoms with van der Waals surface area (Å²) >= 11 is 6.01. The number of carbonyl (C=O) groups is 1. The van der Waals surface area contributed by atoms with E-state index in [0.717, 1.165) is 11.3 Å². The van der Waals surface area contributed by atoms with Gasteiger partial charge in [0.15, 0.2) is 0 Å². The standard InChI is InChI=1S/C19H21ClN2O4S/c1-2-9-27(24,25)22-17-6-4-16(5-7-17)21-19(23)14-10-13-11-15(20)3-8-18(13)26-12-14/h3-8,11,14,22H,2,9-10,12H2,1H3,(H,21,23). The van der Waals surface area contributed by atoms with Crippen molar-refractivity contribution in [2.45, 2.75) is 19.8 Å². The van der Waals surface area contributed by atoms with Gasteiger partial charge in [-0.2, -0.15) is 0 Å². The summed E-state index contributed by atoms with van der Waals surface area (Å²) in [5.74, 6) is 0.351. The van der Waals surface area contributed by atoms with Crippen LogP contribution in [-0.4, -0.2) is 26.7 Å². The number of hydrogen-bond acceptors (Lipinski definition) is 4. The molecule has 6 nitrogen and oxygen atoms in total. The van der Waals surface area contributed by atoms with E-state index in [1.54, 1.807) is 37.3 Å². The van der Waals surface area contributed by atoms with Crippen molar-refractivity contribution in [2.24, 2.45) is 5.92 Å². The van der Waals surface area contributed by atoms with Crippen molar-refractivity contribution in [2.75, 3.05) is 22.4 Å². The molecule has 2 aromatic rings. The molecule has 27 heavy (non-hydrogen) atoms. The number of fused-ring (bicyclic) bond motifs is 1. The molecule has 144 valence electrons. The Kier molecular flexibility index (Phi) is 5.92. The van der Waals surface area contributed by atoms with Crippen LogP contribution in [0.3, 0.4) is 0 Å². The predicted molar refractivity (Wildman–Crippen MR) is 107 cm³/mol. The van der Waals surface area contributed by atoms with Crippen molar-refractivity contribution < 1.29 is 17.9 Å². The van der Waals surface area contributed by atoms with E-state index in [9.17, 15) is 13.2 Å². The summed E-state index contributed by atoms with van der Waals surface area (Å²) in [6, 6.07) is 12.0. The molecule has 1 heterocycles. The van der Waals surface area contributed by atoms with Crippen LogP contribution >= 0.6 is 11.6 Å². The number of benzene rings is 2. The molecule has 0 aliphatic carbocycles. The number of amides is 1. The average Bonchev–Trinajstić information content (AvgIpc) is 2.62. The predicted octanol–water partition coefficient (Wildman–Crippen LogP) is 3.68. The van der Waals surface area contributed by atoms with E-state index in [0.29, 0.717) is 35.8 Å². The van der Waals surface area contributed by atoms with Crippen molar-refractivity contribution >= 4 is 38.9 Å². The highest BCUT2D eigenvalue weighted by Gasteiger charge is 2.26. The van der Waals surface area contributed by atoms with E-state index in [1.165, 1.54) is 0 Å². The van der Waals surface area contributed by atoms with Gasteiger partial charge in [-0.05, 0) is 60.9 Å². The Morgan fingerprint density at radius 2 is 1.89 bits per heavy atom. The number of sulfonamides is 1. The van der Waals surface area contributed by atoms with Gasteiger partial charge in [-0.3, -0.25) is 9.52 Å². The molecule has 0 saturated carbocycles. The zero-order valence-electron chi connectivity index (χ0n) is 14.9. The molecule has 3 rings (SSSR count). The SMILES string of the molecule is CCCS(=O)(=O)Nc1ccc(NC(=O)C2COc3ccc(Cl)cc3C2)cc1. The Morgan fingerprint density at radius 1 is 1.19 bits per heavy atom. The lowest BCUT2D eigenvalue weighted by molar-refractivity contribution is -0.121. The van der Waals surface area contributed by atoms with Crippen molar-refractivity contribution in [1.29, 1.82) is 0 Å². The molecule has 0 spiro atoms. The topological polar surface area (TPSA) is 84.5 Å². The van der Waals surface area contributed by atoms with E-state index in [2.05, 4.69) is 10.0 Å². The highest BCUT2D eigenvalue weighted by Crippen LogP contribution is 2.30. The molecule has 0 fully saturated rings. The van der Waals surface area contributed by atoms with Crippen LogP contribution in [0.1, 0.15) is 18.9 Å². The maximum Gasteiger partial charge on any atom is 0.232 e. The molecule has 1 aliphatic heterocycles. The van der Waals surface area contributed by atoms with Crippen LogP contribution in [0.2, 0.25) is 5.02 Å². The van der Waals surface area contributed by atoms with E-state index in [4.69, 9.17) is 16.3 Å². The Hall–Kier alpha value is -2.25. The molecule has 2 aromatic carbocycles. The molecule has 8 heteroatoms. The largest absolute Gasteiger partial charge is 0.492 e. The van der Waals surface area contributed by atoms with Crippen LogP contribution in [0.15, 0.2) is 42.5 Å². The summed E-state index contributed by atoms with van der Waals surface area (Å²) in [6.45, 7) is 2.11. The monoisotopic (exact) mass is 408 g/mol. The lowest BCUT2D eigenvalue weighted by Crippen LogP contribution is -2.32. The minimum absolute atomic E-state index is 0.0681. The fourth-order valence-corrected chi connectivity index (χ4v) is 4.23. The number of hydrogen-bond donors (Lipinski definition) is 2. The van der Waals surface area contributed by atoms with Crippen LogP contribution in [0.25, 0.3) is 0 Å². The first kappa shape index (κ1) is 19.5. The zero-order valence-corrected chi connectivity index (χ0v) is 16.4. The molecule has 1 amide bonds. The summed E-state index contributed by atoms with van der Waals surface area (Å²) in [7, 11) is -3.33. The van der Waals surface area contributed by atoms with E-state index < -0.39 is 10.0 Å². The summed E-state index contributed by atoms with van der Waals surface area (Å²) in [5.41, 5.74) is 1.97. The van der Waals surface area contributed by atoms with Gasteiger partial charge < -0.3 is 10.1 Å². The van der Waals surface area contributed by atoms with Gasteiger partial charge in [0.1, 0.15) is 12.4 Å². The van der Waals surface area contributed by atoms with Gasteiger partial charge in [0.2, 0.25) is 15.9 Å². The van der Waals surface area contributed by atoms with Gasteiger partial charge in [-0.1, -0.05) is 18.5 Å². The highest BCUT2D eigenvalue weighted by molar-refractivity contribution is 7.92. The first-order valence-electron chi connectivity index (χ1n) is 8.69. The van der Waals surface area contributed by atoms with Crippen LogP contribution in [-0.2, 0) is 21.2 Å². The maximum absolute atomic E-state index is 12.5. The lowest BCUT2D eigenvalue weighted by Gasteiger charge is -2.24. The first-order chi connectivity index (χ1) is 12.9. The third-order valence-corrected chi connectivity index (χ3v) is 5.93. The zero-order chi connectivity index (χ0) is 19.4. The first-order valence-corrected chi connectivity index (χ1v) is 10.7. The van der Waals surface area contributed by atoms with Crippen molar-refractivity contribution in [3.05, 3.63) is 53.1 Å². The molecule has 0 radical (unpaired) electrons. The second kappa shape index (κ2) is 8.19. The van der Waals surface area contributed by atoms with E-state index in [1.807, 2.05) is 12.1 Å². The Balaban J connectivity index is 1.61. The number of carbonyl (C=O) groups excluding carboxylic acids is 1. The average molecular weight is 409 g/mol. The van der Waals surface area contributed by atoms with Crippen LogP contribution in [0.5, 0.6) is 5.75 Å². The number of rotatable bonds is 6. The molecular weight excluding hydrogens is 388 g/mol. The fourth-order valence-electron chi connectivity index (χ4n) is 2.90. The van der Waals surface area contributed by atoms with E-state index in [-0.39, 0.29) is 17.6 Å². The third-order valence-electron chi connectivity index (χ3n) is 4.20. The Bertz CT molecular complexity index is 929. The van der Waals surface area contributed by atoms with Crippen molar-refractivity contribution in [3.8, 4) is 5.75 Å². The fraction of sp³-hybridized carbons (Fsp3) is 0.316. The Morgan fingerprint density at radius 3 is 2.59 bits per heavy atom. The summed E-state index contributed by atoms with van der Waals surface area (Å²) in [4.78, 5) is 12.5. The van der Waals surface area contributed by atoms with Crippen LogP contribution < -0.4 is 14.8 Å². The molecule has 0 saturated heterocycles. The maximum atomic E-state index is 12.5. The number of ether oxygens (including phenoxy) is 1. The van der Waals surface area contributed by atoms with Gasteiger partial charge in [-0.15, -0.1) is 0 Å². The number of anilines is 2. The smallest absolute Gasteiger partial charge is 0.232 e. The molecule has 1 unspecified atom stereocenters. The van der Waals surface area contributed by atoms with Gasteiger partial charge in [0.25, 0.3) is 0 Å². The molecule has 1 aliphatic rings.